The first-order valence-corrected chi connectivity index (χ1v) is 8.04. The molecule has 1 aromatic heterocycles. The van der Waals surface area contributed by atoms with E-state index in [1.54, 1.807) is 37.6 Å². The topological polar surface area (TPSA) is 84.2 Å². The SMILES string of the molecule is Cc1nn(-c2ccc(F)cc2)c(C)c1CC(=O)N[C@@H](C(=O)O)C(C)C. The summed E-state index contributed by atoms with van der Waals surface area (Å²) in [5.74, 6) is -1.98. The van der Waals surface area contributed by atoms with Crippen molar-refractivity contribution in [2.45, 2.75) is 40.2 Å². The van der Waals surface area contributed by atoms with E-state index >= 15 is 0 Å². The Kier molecular flexibility index (Phi) is 5.56. The lowest BCUT2D eigenvalue weighted by molar-refractivity contribution is -0.143. The number of hydrogen-bond donors (Lipinski definition) is 2. The lowest BCUT2D eigenvalue weighted by atomic mass is 10.0. The van der Waals surface area contributed by atoms with Crippen molar-refractivity contribution < 1.29 is 19.1 Å². The normalized spacial score (nSPS) is 12.2. The molecule has 0 spiro atoms. The van der Waals surface area contributed by atoms with Gasteiger partial charge in [0.25, 0.3) is 0 Å². The minimum absolute atomic E-state index is 0.0371. The van der Waals surface area contributed by atoms with Crippen LogP contribution in [0.15, 0.2) is 24.3 Å². The summed E-state index contributed by atoms with van der Waals surface area (Å²) in [5, 5.41) is 16.1. The van der Waals surface area contributed by atoms with Crippen LogP contribution in [-0.4, -0.2) is 32.8 Å². The van der Waals surface area contributed by atoms with Crippen molar-refractivity contribution in [1.82, 2.24) is 15.1 Å². The molecule has 0 saturated heterocycles. The number of nitrogens with one attached hydrogen (secondary N) is 1. The average Bonchev–Trinajstić information content (AvgIpc) is 2.81. The van der Waals surface area contributed by atoms with Crippen molar-refractivity contribution in [3.05, 3.63) is 47.0 Å². The molecule has 2 rings (SSSR count). The van der Waals surface area contributed by atoms with Crippen molar-refractivity contribution in [1.29, 1.82) is 0 Å². The largest absolute Gasteiger partial charge is 0.480 e. The zero-order valence-corrected chi connectivity index (χ0v) is 14.7. The van der Waals surface area contributed by atoms with Crippen molar-refractivity contribution in [3.8, 4) is 5.69 Å². The van der Waals surface area contributed by atoms with E-state index < -0.39 is 12.0 Å². The molecule has 0 unspecified atom stereocenters. The molecule has 1 atom stereocenters. The van der Waals surface area contributed by atoms with E-state index in [1.165, 1.54) is 12.1 Å². The summed E-state index contributed by atoms with van der Waals surface area (Å²) in [5.41, 5.74) is 2.86. The number of amides is 1. The lowest BCUT2D eigenvalue weighted by Crippen LogP contribution is -2.45. The maximum atomic E-state index is 13.1. The van der Waals surface area contributed by atoms with Gasteiger partial charge in [-0.15, -0.1) is 0 Å². The summed E-state index contributed by atoms with van der Waals surface area (Å²) >= 11 is 0. The summed E-state index contributed by atoms with van der Waals surface area (Å²) in [6.07, 6.45) is 0.0371. The van der Waals surface area contributed by atoms with Gasteiger partial charge in [0.05, 0.1) is 17.8 Å². The Balaban J connectivity index is 2.22. The first-order valence-electron chi connectivity index (χ1n) is 8.04. The predicted octanol–water partition coefficient (Wildman–Crippen LogP) is 2.40. The average molecular weight is 347 g/mol. The Morgan fingerprint density at radius 3 is 2.36 bits per heavy atom. The van der Waals surface area contributed by atoms with Gasteiger partial charge in [0.1, 0.15) is 11.9 Å². The highest BCUT2D eigenvalue weighted by molar-refractivity contribution is 5.85. The number of carbonyl (C=O) groups excluding carboxylic acids is 1. The van der Waals surface area contributed by atoms with Crippen LogP contribution in [0.25, 0.3) is 5.69 Å². The number of hydrogen-bond acceptors (Lipinski definition) is 3. The number of nitrogens with zero attached hydrogens (tertiary/aromatic N) is 2. The van der Waals surface area contributed by atoms with E-state index in [9.17, 15) is 19.1 Å². The van der Waals surface area contributed by atoms with Crippen LogP contribution < -0.4 is 5.32 Å². The molecule has 0 bridgehead atoms. The van der Waals surface area contributed by atoms with Gasteiger partial charge in [-0.3, -0.25) is 4.79 Å². The van der Waals surface area contributed by atoms with Gasteiger partial charge in [-0.25, -0.2) is 13.9 Å². The molecular weight excluding hydrogens is 325 g/mol. The molecule has 1 heterocycles. The second kappa shape index (κ2) is 7.46. The van der Waals surface area contributed by atoms with Gasteiger partial charge in [-0.05, 0) is 44.0 Å². The smallest absolute Gasteiger partial charge is 0.326 e. The zero-order chi connectivity index (χ0) is 18.7. The molecule has 0 saturated carbocycles. The molecular formula is C18H22FN3O3. The van der Waals surface area contributed by atoms with Crippen LogP contribution >= 0.6 is 0 Å². The monoisotopic (exact) mass is 347 g/mol. The number of aliphatic carboxylic acids is 1. The highest BCUT2D eigenvalue weighted by Gasteiger charge is 2.24. The van der Waals surface area contributed by atoms with Crippen LogP contribution in [0, 0.1) is 25.6 Å². The third-order valence-corrected chi connectivity index (χ3v) is 4.10. The number of aromatic nitrogens is 2. The molecule has 134 valence electrons. The quantitative estimate of drug-likeness (QED) is 0.840. The molecule has 0 aliphatic heterocycles. The highest BCUT2D eigenvalue weighted by Crippen LogP contribution is 2.19. The number of aryl methyl sites for hydroxylation is 1. The molecule has 25 heavy (non-hydrogen) atoms. The summed E-state index contributed by atoms with van der Waals surface area (Å²) in [6.45, 7) is 7.08. The zero-order valence-electron chi connectivity index (χ0n) is 14.7. The van der Waals surface area contributed by atoms with Gasteiger partial charge in [-0.2, -0.15) is 5.10 Å². The maximum absolute atomic E-state index is 13.1. The van der Waals surface area contributed by atoms with Crippen LogP contribution in [-0.2, 0) is 16.0 Å². The Labute approximate surface area is 145 Å². The minimum atomic E-state index is -1.06. The second-order valence-corrected chi connectivity index (χ2v) is 6.34. The van der Waals surface area contributed by atoms with E-state index in [-0.39, 0.29) is 24.1 Å². The first kappa shape index (κ1) is 18.6. The van der Waals surface area contributed by atoms with Crippen molar-refractivity contribution in [2.75, 3.05) is 0 Å². The van der Waals surface area contributed by atoms with E-state index in [0.717, 1.165) is 11.3 Å². The van der Waals surface area contributed by atoms with Crippen molar-refractivity contribution in [2.24, 2.45) is 5.92 Å². The number of carbonyl (C=O) groups is 2. The molecule has 0 fully saturated rings. The molecule has 1 amide bonds. The van der Waals surface area contributed by atoms with E-state index in [2.05, 4.69) is 10.4 Å². The van der Waals surface area contributed by atoms with Crippen LogP contribution in [0.5, 0.6) is 0 Å². The molecule has 1 aromatic carbocycles. The highest BCUT2D eigenvalue weighted by atomic mass is 19.1. The van der Waals surface area contributed by atoms with E-state index in [0.29, 0.717) is 11.4 Å². The van der Waals surface area contributed by atoms with Gasteiger partial charge < -0.3 is 10.4 Å². The van der Waals surface area contributed by atoms with Crippen LogP contribution in [0.2, 0.25) is 0 Å². The molecule has 2 aromatic rings. The fourth-order valence-electron chi connectivity index (χ4n) is 2.66. The van der Waals surface area contributed by atoms with Gasteiger partial charge in [0.15, 0.2) is 0 Å². The fraction of sp³-hybridized carbons (Fsp3) is 0.389. The molecule has 6 nitrogen and oxygen atoms in total. The number of carboxylic acids is 1. The van der Waals surface area contributed by atoms with Gasteiger partial charge in [0.2, 0.25) is 5.91 Å². The molecule has 2 N–H and O–H groups in total. The molecule has 7 heteroatoms. The van der Waals surface area contributed by atoms with E-state index in [4.69, 9.17) is 0 Å². The lowest BCUT2D eigenvalue weighted by Gasteiger charge is -2.17. The van der Waals surface area contributed by atoms with Crippen molar-refractivity contribution in [3.63, 3.8) is 0 Å². The number of benzene rings is 1. The summed E-state index contributed by atoms with van der Waals surface area (Å²) in [4.78, 5) is 23.5. The van der Waals surface area contributed by atoms with Gasteiger partial charge in [0, 0.05) is 11.3 Å². The summed E-state index contributed by atoms with van der Waals surface area (Å²) < 4.78 is 14.7. The third kappa shape index (κ3) is 4.23. The molecule has 0 radical (unpaired) electrons. The Morgan fingerprint density at radius 1 is 1.24 bits per heavy atom. The number of rotatable bonds is 6. The van der Waals surface area contributed by atoms with Gasteiger partial charge in [-0.1, -0.05) is 13.8 Å². The van der Waals surface area contributed by atoms with E-state index in [1.807, 2.05) is 6.92 Å². The Morgan fingerprint density at radius 2 is 1.84 bits per heavy atom. The van der Waals surface area contributed by atoms with Crippen LogP contribution in [0.1, 0.15) is 30.8 Å². The summed E-state index contributed by atoms with van der Waals surface area (Å²) in [6, 6.07) is 4.98. The second-order valence-electron chi connectivity index (χ2n) is 6.34. The predicted molar refractivity (Wildman–Crippen MR) is 91.1 cm³/mol. The Bertz CT molecular complexity index is 782. The molecule has 0 aliphatic carbocycles. The number of carboxylic acid groups (broad SMARTS) is 1. The van der Waals surface area contributed by atoms with Crippen LogP contribution in [0.4, 0.5) is 4.39 Å². The number of halogens is 1. The van der Waals surface area contributed by atoms with Gasteiger partial charge >= 0.3 is 5.97 Å². The van der Waals surface area contributed by atoms with Crippen LogP contribution in [0.3, 0.4) is 0 Å². The maximum Gasteiger partial charge on any atom is 0.326 e. The molecule has 0 aliphatic rings. The fourth-order valence-corrected chi connectivity index (χ4v) is 2.66. The first-order chi connectivity index (χ1) is 11.7. The minimum Gasteiger partial charge on any atom is -0.480 e. The third-order valence-electron chi connectivity index (χ3n) is 4.10. The standard InChI is InChI=1S/C18H22FN3O3/c1-10(2)17(18(24)25)20-16(23)9-15-11(3)21-22(12(15)4)14-7-5-13(19)6-8-14/h5-8,10,17H,9H2,1-4H3,(H,20,23)(H,24,25)/t17-/m1/s1. The Hall–Kier alpha value is -2.70. The van der Waals surface area contributed by atoms with Crippen molar-refractivity contribution >= 4 is 11.9 Å². The summed E-state index contributed by atoms with van der Waals surface area (Å²) in [7, 11) is 0.